The summed E-state index contributed by atoms with van der Waals surface area (Å²) in [5, 5.41) is 0.270. The highest BCUT2D eigenvalue weighted by molar-refractivity contribution is 9.10. The van der Waals surface area contributed by atoms with Crippen LogP contribution in [0.3, 0.4) is 0 Å². The van der Waals surface area contributed by atoms with E-state index in [2.05, 4.69) is 20.7 Å². The summed E-state index contributed by atoms with van der Waals surface area (Å²) >= 11 is 9.07. The normalized spacial score (nSPS) is 11.6. The molecule has 0 saturated heterocycles. The van der Waals surface area contributed by atoms with E-state index in [1.165, 1.54) is 12.1 Å². The number of hydrogen-bond acceptors (Lipinski definition) is 3. The Kier molecular flexibility index (Phi) is 4.93. The van der Waals surface area contributed by atoms with Crippen LogP contribution in [0, 0.1) is 6.92 Å². The summed E-state index contributed by atoms with van der Waals surface area (Å²) in [6, 6.07) is 10.4. The number of anilines is 1. The van der Waals surface area contributed by atoms with Gasteiger partial charge in [-0.05, 0) is 46.1 Å². The second-order valence-electron chi connectivity index (χ2n) is 4.56. The molecule has 112 valence electrons. The van der Waals surface area contributed by atoms with E-state index in [-0.39, 0.29) is 22.2 Å². The van der Waals surface area contributed by atoms with Crippen molar-refractivity contribution in [3.05, 3.63) is 57.0 Å². The Morgan fingerprint density at radius 3 is 2.62 bits per heavy atom. The smallest absolute Gasteiger partial charge is 0.242 e. The average Bonchev–Trinajstić information content (AvgIpc) is 2.42. The fourth-order valence-electron chi connectivity index (χ4n) is 1.84. The summed E-state index contributed by atoms with van der Waals surface area (Å²) in [5.74, 6) is 0. The maximum Gasteiger partial charge on any atom is 0.242 e. The summed E-state index contributed by atoms with van der Waals surface area (Å²) in [4.78, 5) is 0.0288. The van der Waals surface area contributed by atoms with Gasteiger partial charge in [0.05, 0.1) is 9.37 Å². The maximum absolute atomic E-state index is 12.4. The lowest BCUT2D eigenvalue weighted by Gasteiger charge is -2.11. The molecular formula is C14H14BrClN2O2S. The number of nitrogen functional groups attached to an aromatic ring is 1. The first kappa shape index (κ1) is 16.3. The van der Waals surface area contributed by atoms with E-state index < -0.39 is 10.0 Å². The van der Waals surface area contributed by atoms with Gasteiger partial charge in [-0.3, -0.25) is 0 Å². The van der Waals surface area contributed by atoms with Crippen LogP contribution in [0.1, 0.15) is 11.1 Å². The Bertz CT molecular complexity index is 779. The summed E-state index contributed by atoms with van der Waals surface area (Å²) < 4.78 is 27.6. The monoisotopic (exact) mass is 388 g/mol. The van der Waals surface area contributed by atoms with Crippen molar-refractivity contribution in [3.8, 4) is 0 Å². The van der Waals surface area contributed by atoms with Crippen molar-refractivity contribution in [1.82, 2.24) is 4.72 Å². The minimum atomic E-state index is -3.71. The molecule has 2 aromatic carbocycles. The average molecular weight is 390 g/mol. The van der Waals surface area contributed by atoms with Gasteiger partial charge in [0.1, 0.15) is 0 Å². The van der Waals surface area contributed by atoms with Gasteiger partial charge in [0.2, 0.25) is 10.0 Å². The van der Waals surface area contributed by atoms with E-state index in [9.17, 15) is 8.42 Å². The highest BCUT2D eigenvalue weighted by Crippen LogP contribution is 2.31. The zero-order valence-corrected chi connectivity index (χ0v) is 14.4. The summed E-state index contributed by atoms with van der Waals surface area (Å²) in [7, 11) is -3.71. The van der Waals surface area contributed by atoms with Crippen LogP contribution in [0.15, 0.2) is 45.8 Å². The maximum atomic E-state index is 12.4. The lowest BCUT2D eigenvalue weighted by Crippen LogP contribution is -2.24. The van der Waals surface area contributed by atoms with Gasteiger partial charge >= 0.3 is 0 Å². The lowest BCUT2D eigenvalue weighted by molar-refractivity contribution is 0.580. The molecule has 0 unspecified atom stereocenters. The summed E-state index contributed by atoms with van der Waals surface area (Å²) in [6.07, 6.45) is 0. The third-order valence-electron chi connectivity index (χ3n) is 3.04. The Labute approximate surface area is 137 Å². The molecule has 3 N–H and O–H groups in total. The molecule has 0 spiro atoms. The summed E-state index contributed by atoms with van der Waals surface area (Å²) in [6.45, 7) is 2.13. The number of hydrogen-bond donors (Lipinski definition) is 2. The van der Waals surface area contributed by atoms with E-state index in [1.54, 1.807) is 0 Å². The van der Waals surface area contributed by atoms with Crippen LogP contribution >= 0.6 is 27.5 Å². The first-order chi connectivity index (χ1) is 9.81. The van der Waals surface area contributed by atoms with Crippen molar-refractivity contribution < 1.29 is 8.42 Å². The second-order valence-corrected chi connectivity index (χ2v) is 7.52. The predicted molar refractivity (Wildman–Crippen MR) is 88.8 cm³/mol. The molecule has 2 rings (SSSR count). The van der Waals surface area contributed by atoms with Crippen molar-refractivity contribution in [1.29, 1.82) is 0 Å². The van der Waals surface area contributed by atoms with E-state index in [1.807, 2.05) is 31.2 Å². The number of sulfonamides is 1. The van der Waals surface area contributed by atoms with E-state index in [0.29, 0.717) is 4.47 Å². The Balaban J connectivity index is 2.30. The molecule has 0 bridgehead atoms. The van der Waals surface area contributed by atoms with Gasteiger partial charge in [0.25, 0.3) is 0 Å². The van der Waals surface area contributed by atoms with E-state index in [4.69, 9.17) is 17.3 Å². The van der Waals surface area contributed by atoms with Gasteiger partial charge < -0.3 is 5.73 Å². The topological polar surface area (TPSA) is 72.2 Å². The number of nitrogens with two attached hydrogens (primary N) is 1. The van der Waals surface area contributed by atoms with Crippen molar-refractivity contribution in [2.45, 2.75) is 18.4 Å². The molecule has 0 aliphatic carbocycles. The van der Waals surface area contributed by atoms with Crippen LogP contribution in [0.5, 0.6) is 0 Å². The molecule has 0 heterocycles. The number of nitrogens with one attached hydrogen (secondary N) is 1. The molecule has 0 fully saturated rings. The highest BCUT2D eigenvalue weighted by Gasteiger charge is 2.20. The van der Waals surface area contributed by atoms with Gasteiger partial charge in [-0.15, -0.1) is 0 Å². The fourth-order valence-corrected chi connectivity index (χ4v) is 4.14. The standard InChI is InChI=1S/C14H14BrClN2O2S/c1-9-4-2-3-5-10(9)8-18-21(19,20)13-7-11(16)6-12(17)14(13)15/h2-7,18H,8,17H2,1H3. The number of halogens is 2. The van der Waals surface area contributed by atoms with Crippen LogP contribution in [0.4, 0.5) is 5.69 Å². The quantitative estimate of drug-likeness (QED) is 0.786. The van der Waals surface area contributed by atoms with Gasteiger partial charge in [0.15, 0.2) is 0 Å². The molecular weight excluding hydrogens is 376 g/mol. The van der Waals surface area contributed by atoms with Crippen molar-refractivity contribution in [3.63, 3.8) is 0 Å². The van der Waals surface area contributed by atoms with Crippen molar-refractivity contribution >= 4 is 43.2 Å². The molecule has 0 aliphatic heterocycles. The molecule has 0 aromatic heterocycles. The zero-order chi connectivity index (χ0) is 15.6. The minimum absolute atomic E-state index is 0.0288. The molecule has 0 saturated carbocycles. The van der Waals surface area contributed by atoms with Crippen LogP contribution in [0.25, 0.3) is 0 Å². The van der Waals surface area contributed by atoms with E-state index in [0.717, 1.165) is 11.1 Å². The molecule has 0 amide bonds. The van der Waals surface area contributed by atoms with Crippen molar-refractivity contribution in [2.24, 2.45) is 0 Å². The molecule has 0 aliphatic rings. The predicted octanol–water partition coefficient (Wildman–Crippen LogP) is 3.47. The highest BCUT2D eigenvalue weighted by atomic mass is 79.9. The van der Waals surface area contributed by atoms with Gasteiger partial charge in [-0.25, -0.2) is 13.1 Å². The minimum Gasteiger partial charge on any atom is -0.398 e. The zero-order valence-electron chi connectivity index (χ0n) is 11.2. The number of aryl methyl sites for hydroxylation is 1. The van der Waals surface area contributed by atoms with Gasteiger partial charge in [-0.2, -0.15) is 0 Å². The largest absolute Gasteiger partial charge is 0.398 e. The second kappa shape index (κ2) is 6.36. The van der Waals surface area contributed by atoms with Crippen LogP contribution in [0.2, 0.25) is 5.02 Å². The van der Waals surface area contributed by atoms with Crippen molar-refractivity contribution in [2.75, 3.05) is 5.73 Å². The molecule has 4 nitrogen and oxygen atoms in total. The lowest BCUT2D eigenvalue weighted by atomic mass is 10.1. The number of benzene rings is 2. The van der Waals surface area contributed by atoms with Gasteiger partial charge in [0, 0.05) is 17.3 Å². The Morgan fingerprint density at radius 2 is 1.95 bits per heavy atom. The Morgan fingerprint density at radius 1 is 1.29 bits per heavy atom. The summed E-state index contributed by atoms with van der Waals surface area (Å²) in [5.41, 5.74) is 7.93. The molecule has 0 radical (unpaired) electrons. The third-order valence-corrected chi connectivity index (χ3v) is 5.83. The van der Waals surface area contributed by atoms with Gasteiger partial charge in [-0.1, -0.05) is 35.9 Å². The van der Waals surface area contributed by atoms with Crippen LogP contribution in [-0.4, -0.2) is 8.42 Å². The fraction of sp³-hybridized carbons (Fsp3) is 0.143. The molecule has 21 heavy (non-hydrogen) atoms. The first-order valence-corrected chi connectivity index (χ1v) is 8.75. The molecule has 2 aromatic rings. The molecule has 7 heteroatoms. The SMILES string of the molecule is Cc1ccccc1CNS(=O)(=O)c1cc(Cl)cc(N)c1Br. The van der Waals surface area contributed by atoms with Crippen LogP contribution in [-0.2, 0) is 16.6 Å². The third kappa shape index (κ3) is 3.77. The first-order valence-electron chi connectivity index (χ1n) is 6.10. The Hall–Kier alpha value is -1.08. The molecule has 0 atom stereocenters. The van der Waals surface area contributed by atoms with Crippen LogP contribution < -0.4 is 10.5 Å². The number of rotatable bonds is 4. The van der Waals surface area contributed by atoms with E-state index >= 15 is 0 Å².